The second kappa shape index (κ2) is 9.85. The molecule has 1 heterocycles. The third-order valence-electron chi connectivity index (χ3n) is 4.09. The fourth-order valence-corrected chi connectivity index (χ4v) is 3.56. The van der Waals surface area contributed by atoms with Crippen LogP contribution in [0.1, 0.15) is 57.8 Å². The number of aromatic nitrogens is 1. The predicted molar refractivity (Wildman–Crippen MR) is 89.5 cm³/mol. The van der Waals surface area contributed by atoms with Crippen molar-refractivity contribution in [3.8, 4) is 5.19 Å². The summed E-state index contributed by atoms with van der Waals surface area (Å²) in [6.45, 7) is 0.180. The summed E-state index contributed by atoms with van der Waals surface area (Å²) < 4.78 is 5.27. The standard InChI is InChI=1S/C16H26N2O4S/c19-13(8-4-3-7-12-5-1-2-6-12)18-14-11-17-16(23-14)22-10-9-15(20)21/h11-12,15,20-21H,1-10H2,(H,18,19). The van der Waals surface area contributed by atoms with Crippen LogP contribution in [-0.2, 0) is 4.79 Å². The number of carbonyl (C=O) groups is 1. The van der Waals surface area contributed by atoms with Gasteiger partial charge in [-0.15, -0.1) is 0 Å². The van der Waals surface area contributed by atoms with Crippen LogP contribution in [0.25, 0.3) is 0 Å². The molecule has 1 aliphatic carbocycles. The molecule has 0 spiro atoms. The Hall–Kier alpha value is -1.18. The van der Waals surface area contributed by atoms with Gasteiger partial charge in [0.05, 0.1) is 12.8 Å². The first-order valence-corrected chi connectivity index (χ1v) is 9.20. The minimum atomic E-state index is -1.38. The first kappa shape index (κ1) is 18.2. The molecule has 1 saturated carbocycles. The molecule has 23 heavy (non-hydrogen) atoms. The average Bonchev–Trinajstić information content (AvgIpc) is 3.15. The minimum Gasteiger partial charge on any atom is -0.470 e. The van der Waals surface area contributed by atoms with Crippen molar-refractivity contribution in [2.24, 2.45) is 5.92 Å². The smallest absolute Gasteiger partial charge is 0.275 e. The fraction of sp³-hybridized carbons (Fsp3) is 0.750. The van der Waals surface area contributed by atoms with Crippen molar-refractivity contribution in [2.45, 2.75) is 64.1 Å². The second-order valence-electron chi connectivity index (χ2n) is 6.05. The Balaban J connectivity index is 1.58. The van der Waals surface area contributed by atoms with Gasteiger partial charge in [0.1, 0.15) is 5.00 Å². The highest BCUT2D eigenvalue weighted by molar-refractivity contribution is 7.17. The lowest BCUT2D eigenvalue weighted by atomic mass is 10.00. The summed E-state index contributed by atoms with van der Waals surface area (Å²) in [6, 6.07) is 0. The molecular formula is C16H26N2O4S. The van der Waals surface area contributed by atoms with E-state index in [1.165, 1.54) is 43.4 Å². The van der Waals surface area contributed by atoms with Crippen LogP contribution in [0.15, 0.2) is 6.20 Å². The van der Waals surface area contributed by atoms with Gasteiger partial charge >= 0.3 is 0 Å². The Morgan fingerprint density at radius 3 is 2.91 bits per heavy atom. The van der Waals surface area contributed by atoms with Crippen molar-refractivity contribution in [1.82, 2.24) is 4.98 Å². The maximum Gasteiger partial charge on any atom is 0.275 e. The van der Waals surface area contributed by atoms with E-state index in [1.54, 1.807) is 6.20 Å². The molecule has 2 rings (SSSR count). The van der Waals surface area contributed by atoms with E-state index in [0.29, 0.717) is 16.6 Å². The van der Waals surface area contributed by atoms with Gasteiger partial charge in [-0.2, -0.15) is 0 Å². The van der Waals surface area contributed by atoms with Crippen LogP contribution in [0.3, 0.4) is 0 Å². The molecule has 0 aliphatic heterocycles. The highest BCUT2D eigenvalue weighted by Gasteiger charge is 2.14. The first-order chi connectivity index (χ1) is 11.1. The molecule has 1 aromatic rings. The molecule has 3 N–H and O–H groups in total. The number of thiazole rings is 1. The number of aliphatic hydroxyl groups excluding tert-OH is 1. The van der Waals surface area contributed by atoms with Gasteiger partial charge in [-0.1, -0.05) is 49.9 Å². The number of ether oxygens (including phenoxy) is 1. The number of nitrogens with zero attached hydrogens (tertiary/aromatic N) is 1. The van der Waals surface area contributed by atoms with Crippen molar-refractivity contribution in [1.29, 1.82) is 0 Å². The molecular weight excluding hydrogens is 316 g/mol. The molecule has 0 radical (unpaired) electrons. The van der Waals surface area contributed by atoms with Crippen molar-refractivity contribution in [3.05, 3.63) is 6.20 Å². The van der Waals surface area contributed by atoms with Crippen LogP contribution in [-0.4, -0.2) is 34.0 Å². The van der Waals surface area contributed by atoms with Crippen LogP contribution in [0.5, 0.6) is 5.19 Å². The fourth-order valence-electron chi connectivity index (χ4n) is 2.85. The zero-order valence-corrected chi connectivity index (χ0v) is 14.2. The van der Waals surface area contributed by atoms with Gasteiger partial charge in [-0.3, -0.25) is 4.79 Å². The molecule has 1 aliphatic rings. The zero-order chi connectivity index (χ0) is 16.5. The quantitative estimate of drug-likeness (QED) is 0.449. The summed E-state index contributed by atoms with van der Waals surface area (Å²) in [5.41, 5.74) is 0. The van der Waals surface area contributed by atoms with E-state index in [-0.39, 0.29) is 18.9 Å². The number of anilines is 1. The van der Waals surface area contributed by atoms with Gasteiger partial charge in [0.15, 0.2) is 6.29 Å². The van der Waals surface area contributed by atoms with Crippen LogP contribution < -0.4 is 10.1 Å². The number of amides is 1. The van der Waals surface area contributed by atoms with E-state index in [0.717, 1.165) is 18.8 Å². The monoisotopic (exact) mass is 342 g/mol. The van der Waals surface area contributed by atoms with Crippen LogP contribution in [0, 0.1) is 5.92 Å². The van der Waals surface area contributed by atoms with E-state index < -0.39 is 6.29 Å². The number of carbonyl (C=O) groups excluding carboxylic acids is 1. The number of rotatable bonds is 10. The predicted octanol–water partition coefficient (Wildman–Crippen LogP) is 2.91. The van der Waals surface area contributed by atoms with E-state index in [1.807, 2.05) is 0 Å². The van der Waals surface area contributed by atoms with E-state index in [4.69, 9.17) is 14.9 Å². The Morgan fingerprint density at radius 2 is 2.17 bits per heavy atom. The van der Waals surface area contributed by atoms with Crippen LogP contribution >= 0.6 is 11.3 Å². The second-order valence-corrected chi connectivity index (χ2v) is 7.05. The molecule has 1 amide bonds. The molecule has 0 aromatic carbocycles. The Morgan fingerprint density at radius 1 is 1.39 bits per heavy atom. The van der Waals surface area contributed by atoms with Crippen molar-refractivity contribution >= 4 is 22.2 Å². The molecule has 1 aromatic heterocycles. The Bertz CT molecular complexity index is 472. The average molecular weight is 342 g/mol. The molecule has 0 atom stereocenters. The molecule has 0 unspecified atom stereocenters. The Kier molecular flexibility index (Phi) is 7.78. The summed E-state index contributed by atoms with van der Waals surface area (Å²) in [5.74, 6) is 0.897. The summed E-state index contributed by atoms with van der Waals surface area (Å²) in [6.07, 6.45) is 9.63. The maximum atomic E-state index is 11.9. The maximum absolute atomic E-state index is 11.9. The largest absolute Gasteiger partial charge is 0.470 e. The number of hydrogen-bond acceptors (Lipinski definition) is 6. The highest BCUT2D eigenvalue weighted by atomic mass is 32.1. The normalized spacial score (nSPS) is 15.3. The molecule has 6 nitrogen and oxygen atoms in total. The highest BCUT2D eigenvalue weighted by Crippen LogP contribution is 2.29. The third-order valence-corrected chi connectivity index (χ3v) is 4.91. The molecule has 1 fully saturated rings. The molecule has 130 valence electrons. The van der Waals surface area contributed by atoms with Gasteiger partial charge in [-0.25, -0.2) is 4.98 Å². The van der Waals surface area contributed by atoms with E-state index in [2.05, 4.69) is 10.3 Å². The lowest BCUT2D eigenvalue weighted by Gasteiger charge is -2.07. The van der Waals surface area contributed by atoms with Crippen molar-refractivity contribution in [3.63, 3.8) is 0 Å². The summed E-state index contributed by atoms with van der Waals surface area (Å²) in [4.78, 5) is 15.9. The molecule has 7 heteroatoms. The number of unbranched alkanes of at least 4 members (excludes halogenated alkanes) is 1. The van der Waals surface area contributed by atoms with E-state index in [9.17, 15) is 4.79 Å². The lowest BCUT2D eigenvalue weighted by Crippen LogP contribution is -2.10. The summed E-state index contributed by atoms with van der Waals surface area (Å²) in [7, 11) is 0. The first-order valence-electron chi connectivity index (χ1n) is 8.38. The molecule has 0 bridgehead atoms. The topological polar surface area (TPSA) is 91.7 Å². The number of hydrogen-bond donors (Lipinski definition) is 3. The van der Waals surface area contributed by atoms with Gasteiger partial charge in [0.25, 0.3) is 5.19 Å². The minimum absolute atomic E-state index is 0.0115. The number of aliphatic hydroxyl groups is 2. The van der Waals surface area contributed by atoms with Gasteiger partial charge in [-0.05, 0) is 12.3 Å². The molecule has 0 saturated heterocycles. The van der Waals surface area contributed by atoms with Crippen molar-refractivity contribution < 1.29 is 19.7 Å². The van der Waals surface area contributed by atoms with Crippen LogP contribution in [0.2, 0.25) is 0 Å². The van der Waals surface area contributed by atoms with Gasteiger partial charge < -0.3 is 20.3 Å². The SMILES string of the molecule is O=C(CCCCC1CCCC1)Nc1cnc(OCCC(O)O)s1. The summed E-state index contributed by atoms with van der Waals surface area (Å²) >= 11 is 1.24. The van der Waals surface area contributed by atoms with E-state index >= 15 is 0 Å². The van der Waals surface area contributed by atoms with Gasteiger partial charge in [0.2, 0.25) is 5.91 Å². The lowest BCUT2D eigenvalue weighted by molar-refractivity contribution is -0.116. The van der Waals surface area contributed by atoms with Crippen molar-refractivity contribution in [2.75, 3.05) is 11.9 Å². The number of nitrogens with one attached hydrogen (secondary N) is 1. The summed E-state index contributed by atoms with van der Waals surface area (Å²) in [5, 5.41) is 21.4. The van der Waals surface area contributed by atoms with Crippen LogP contribution in [0.4, 0.5) is 5.00 Å². The Labute approximate surface area is 140 Å². The third kappa shape index (κ3) is 7.28. The zero-order valence-electron chi connectivity index (χ0n) is 13.4. The van der Waals surface area contributed by atoms with Gasteiger partial charge in [0, 0.05) is 12.8 Å².